The van der Waals surface area contributed by atoms with Crippen LogP contribution in [0.1, 0.15) is 6.92 Å². The van der Waals surface area contributed by atoms with Crippen molar-refractivity contribution in [2.45, 2.75) is 16.7 Å². The Labute approximate surface area is 118 Å². The van der Waals surface area contributed by atoms with Crippen LogP contribution in [0.4, 0.5) is 11.4 Å². The molecule has 0 saturated heterocycles. The molecule has 2 rings (SSSR count). The average Bonchev–Trinajstić information content (AvgIpc) is 2.40. The summed E-state index contributed by atoms with van der Waals surface area (Å²) in [5, 5.41) is 7.57. The summed E-state index contributed by atoms with van der Waals surface area (Å²) in [6, 6.07) is 12.4. The molecule has 0 saturated carbocycles. The van der Waals surface area contributed by atoms with Gasteiger partial charge in [-0.15, -0.1) is 0 Å². The first-order valence-corrected chi connectivity index (χ1v) is 7.47. The van der Waals surface area contributed by atoms with Crippen LogP contribution in [-0.2, 0) is 9.84 Å². The van der Waals surface area contributed by atoms with Gasteiger partial charge in [-0.1, -0.05) is 12.1 Å². The minimum Gasteiger partial charge on any atom is -0.399 e. The molecule has 2 aromatic carbocycles. The fourth-order valence-electron chi connectivity index (χ4n) is 1.50. The Morgan fingerprint density at radius 3 is 2.00 bits per heavy atom. The van der Waals surface area contributed by atoms with Crippen LogP contribution in [0, 0.1) is 0 Å². The zero-order valence-electron chi connectivity index (χ0n) is 11.2. The Hall–Kier alpha value is -2.05. The summed E-state index contributed by atoms with van der Waals surface area (Å²) in [6.07, 6.45) is 0. The highest BCUT2D eigenvalue weighted by molar-refractivity contribution is 7.91. The van der Waals surface area contributed by atoms with Crippen molar-refractivity contribution in [1.82, 2.24) is 0 Å². The number of hydrogen-bond donors (Lipinski definition) is 3. The number of aliphatic hydroxyl groups excluding tert-OH is 1. The minimum absolute atomic E-state index is 0.116. The molecule has 0 bridgehead atoms. The van der Waals surface area contributed by atoms with Crippen molar-refractivity contribution in [3.05, 3.63) is 48.5 Å². The summed E-state index contributed by atoms with van der Waals surface area (Å²) in [4.78, 5) is 0.300. The van der Waals surface area contributed by atoms with Crippen LogP contribution in [0.2, 0.25) is 0 Å². The van der Waals surface area contributed by atoms with E-state index in [0.29, 0.717) is 5.69 Å². The molecule has 20 heavy (non-hydrogen) atoms. The molecule has 0 fully saturated rings. The van der Waals surface area contributed by atoms with E-state index in [0.717, 1.165) is 0 Å². The molecule has 0 unspecified atom stereocenters. The van der Waals surface area contributed by atoms with Crippen LogP contribution >= 0.6 is 0 Å². The van der Waals surface area contributed by atoms with E-state index in [2.05, 4.69) is 0 Å². The highest BCUT2D eigenvalue weighted by Crippen LogP contribution is 2.25. The zero-order valence-corrected chi connectivity index (χ0v) is 12.0. The summed E-state index contributed by atoms with van der Waals surface area (Å²) < 4.78 is 24.5. The Morgan fingerprint density at radius 2 is 1.50 bits per heavy atom. The standard InChI is InChI=1S/C12H12N2O2S.C2H6O/c13-9-5-7-10(8-6-9)17(15,16)12-4-2-1-3-11(12)14;1-2-3/h1-8H,13-14H2;3H,2H2,1H3. The third kappa shape index (κ3) is 3.72. The van der Waals surface area contributed by atoms with E-state index < -0.39 is 9.84 Å². The molecular weight excluding hydrogens is 276 g/mol. The highest BCUT2D eigenvalue weighted by Gasteiger charge is 2.19. The second-order valence-corrected chi connectivity index (χ2v) is 5.84. The van der Waals surface area contributed by atoms with Gasteiger partial charge in [-0.25, -0.2) is 8.42 Å². The number of hydrogen-bond acceptors (Lipinski definition) is 5. The molecule has 0 aromatic heterocycles. The molecule has 0 aliphatic carbocycles. The fraction of sp³-hybridized carbons (Fsp3) is 0.143. The zero-order chi connectivity index (χ0) is 15.2. The third-order valence-corrected chi connectivity index (χ3v) is 4.24. The van der Waals surface area contributed by atoms with E-state index >= 15 is 0 Å². The number of nitrogens with two attached hydrogens (primary N) is 2. The molecule has 0 aliphatic heterocycles. The lowest BCUT2D eigenvalue weighted by molar-refractivity contribution is 0.318. The van der Waals surface area contributed by atoms with Crippen molar-refractivity contribution in [2.24, 2.45) is 0 Å². The molecule has 6 heteroatoms. The van der Waals surface area contributed by atoms with E-state index in [-0.39, 0.29) is 22.1 Å². The van der Waals surface area contributed by atoms with Crippen molar-refractivity contribution in [3.8, 4) is 0 Å². The fourth-order valence-corrected chi connectivity index (χ4v) is 2.88. The van der Waals surface area contributed by atoms with E-state index in [1.165, 1.54) is 18.2 Å². The highest BCUT2D eigenvalue weighted by atomic mass is 32.2. The molecule has 0 atom stereocenters. The summed E-state index contributed by atoms with van der Waals surface area (Å²) in [6.45, 7) is 1.93. The Balaban J connectivity index is 0.000000612. The number of aliphatic hydroxyl groups is 1. The molecule has 0 radical (unpaired) electrons. The van der Waals surface area contributed by atoms with Gasteiger partial charge in [0.25, 0.3) is 0 Å². The molecule has 0 heterocycles. The van der Waals surface area contributed by atoms with Crippen LogP contribution in [0.5, 0.6) is 0 Å². The maximum Gasteiger partial charge on any atom is 0.208 e. The molecule has 5 N–H and O–H groups in total. The van der Waals surface area contributed by atoms with Crippen LogP contribution in [0.25, 0.3) is 0 Å². The van der Waals surface area contributed by atoms with Crippen LogP contribution in [-0.4, -0.2) is 20.1 Å². The van der Waals surface area contributed by atoms with Gasteiger partial charge < -0.3 is 16.6 Å². The molecule has 108 valence electrons. The molecule has 0 amide bonds. The Morgan fingerprint density at radius 1 is 1.00 bits per heavy atom. The van der Waals surface area contributed by atoms with Crippen molar-refractivity contribution in [3.63, 3.8) is 0 Å². The Kier molecular flexibility index (Phi) is 5.54. The molecule has 0 spiro atoms. The van der Waals surface area contributed by atoms with Gasteiger partial charge in [-0.3, -0.25) is 0 Å². The van der Waals surface area contributed by atoms with Crippen molar-refractivity contribution < 1.29 is 13.5 Å². The van der Waals surface area contributed by atoms with Gasteiger partial charge >= 0.3 is 0 Å². The van der Waals surface area contributed by atoms with Gasteiger partial charge in [0.1, 0.15) is 0 Å². The van der Waals surface area contributed by atoms with Crippen LogP contribution in [0.15, 0.2) is 58.3 Å². The largest absolute Gasteiger partial charge is 0.399 e. The number of nitrogen functional groups attached to an aromatic ring is 2. The third-order valence-electron chi connectivity index (χ3n) is 2.40. The summed E-state index contributed by atoms with van der Waals surface area (Å²) in [5.41, 5.74) is 11.9. The number of rotatable bonds is 2. The van der Waals surface area contributed by atoms with E-state index in [4.69, 9.17) is 16.6 Å². The van der Waals surface area contributed by atoms with Gasteiger partial charge in [-0.2, -0.15) is 0 Å². The minimum atomic E-state index is -3.57. The lowest BCUT2D eigenvalue weighted by Crippen LogP contribution is -2.05. The predicted molar refractivity (Wildman–Crippen MR) is 79.9 cm³/mol. The van der Waals surface area contributed by atoms with Gasteiger partial charge in [0.2, 0.25) is 9.84 Å². The van der Waals surface area contributed by atoms with Gasteiger partial charge in [0.15, 0.2) is 0 Å². The van der Waals surface area contributed by atoms with Crippen molar-refractivity contribution in [1.29, 1.82) is 0 Å². The summed E-state index contributed by atoms with van der Waals surface area (Å²) in [7, 11) is -3.57. The summed E-state index contributed by atoms with van der Waals surface area (Å²) in [5.74, 6) is 0. The van der Waals surface area contributed by atoms with E-state index in [1.807, 2.05) is 0 Å². The second-order valence-electron chi connectivity index (χ2n) is 3.93. The van der Waals surface area contributed by atoms with E-state index in [9.17, 15) is 8.42 Å². The average molecular weight is 294 g/mol. The lowest BCUT2D eigenvalue weighted by Gasteiger charge is -2.07. The number of benzene rings is 2. The smallest absolute Gasteiger partial charge is 0.208 e. The van der Waals surface area contributed by atoms with Crippen LogP contribution in [0.3, 0.4) is 0 Å². The number of anilines is 2. The van der Waals surface area contributed by atoms with Gasteiger partial charge in [0.05, 0.1) is 15.5 Å². The maximum atomic E-state index is 12.2. The predicted octanol–water partition coefficient (Wildman–Crippen LogP) is 1.68. The van der Waals surface area contributed by atoms with E-state index in [1.54, 1.807) is 37.3 Å². The van der Waals surface area contributed by atoms with Crippen molar-refractivity contribution in [2.75, 3.05) is 18.1 Å². The van der Waals surface area contributed by atoms with Crippen molar-refractivity contribution >= 4 is 21.2 Å². The number of para-hydroxylation sites is 1. The molecule has 2 aromatic rings. The SMILES string of the molecule is CCO.Nc1ccc(S(=O)(=O)c2ccccc2N)cc1. The molecule has 0 aliphatic rings. The quantitative estimate of drug-likeness (QED) is 0.731. The number of sulfone groups is 1. The lowest BCUT2D eigenvalue weighted by atomic mass is 10.3. The van der Waals surface area contributed by atoms with Gasteiger partial charge in [-0.05, 0) is 43.3 Å². The van der Waals surface area contributed by atoms with Gasteiger partial charge in [0, 0.05) is 12.3 Å². The first-order valence-electron chi connectivity index (χ1n) is 5.99. The Bertz CT molecular complexity index is 652. The first kappa shape index (κ1) is 16.0. The van der Waals surface area contributed by atoms with Crippen LogP contribution < -0.4 is 11.5 Å². The molecular formula is C14H18N2O3S. The molecule has 5 nitrogen and oxygen atoms in total. The topological polar surface area (TPSA) is 106 Å². The second kappa shape index (κ2) is 6.93. The monoisotopic (exact) mass is 294 g/mol. The summed E-state index contributed by atoms with van der Waals surface area (Å²) >= 11 is 0. The maximum absolute atomic E-state index is 12.2. The normalized spacial score (nSPS) is 10.5. The first-order chi connectivity index (χ1) is 9.43.